The zero-order chi connectivity index (χ0) is 30.1. The molecule has 220 valence electrons. The first-order valence-corrected chi connectivity index (χ1v) is 13.0. The first kappa shape index (κ1) is 31.0. The largest absolute Gasteiger partial charge is 0.496 e. The van der Waals surface area contributed by atoms with Gasteiger partial charge in [-0.05, 0) is 49.9 Å². The van der Waals surface area contributed by atoms with E-state index in [0.29, 0.717) is 40.4 Å². The van der Waals surface area contributed by atoms with Crippen LogP contribution in [-0.2, 0) is 38.7 Å². The van der Waals surface area contributed by atoms with Gasteiger partial charge in [0.15, 0.2) is 17.2 Å². The van der Waals surface area contributed by atoms with Crippen LogP contribution in [0.5, 0.6) is 23.0 Å². The summed E-state index contributed by atoms with van der Waals surface area (Å²) in [4.78, 5) is 49.0. The van der Waals surface area contributed by atoms with Crippen LogP contribution in [0.3, 0.4) is 0 Å². The van der Waals surface area contributed by atoms with E-state index in [0.717, 1.165) is 11.1 Å². The molecule has 2 aromatic rings. The number of benzene rings is 2. The van der Waals surface area contributed by atoms with Crippen LogP contribution in [0, 0.1) is 6.92 Å². The number of hydrogen-bond acceptors (Lipinski definition) is 9. The highest BCUT2D eigenvalue weighted by molar-refractivity contribution is 5.99. The first-order chi connectivity index (χ1) is 19.6. The molecule has 11 heteroatoms. The zero-order valence-corrected chi connectivity index (χ0v) is 23.9. The molecule has 0 fully saturated rings. The van der Waals surface area contributed by atoms with E-state index in [2.05, 4.69) is 5.32 Å². The molecule has 1 heterocycles. The van der Waals surface area contributed by atoms with Gasteiger partial charge in [0.2, 0.25) is 5.91 Å². The second-order valence-electron chi connectivity index (χ2n) is 9.48. The normalized spacial score (nSPS) is 12.3. The Labute approximate surface area is 238 Å². The van der Waals surface area contributed by atoms with Gasteiger partial charge in [-0.15, -0.1) is 0 Å². The highest BCUT2D eigenvalue weighted by atomic mass is 16.6. The van der Waals surface area contributed by atoms with Crippen molar-refractivity contribution in [1.29, 1.82) is 0 Å². The number of cyclic esters (lactones) is 1. The van der Waals surface area contributed by atoms with Crippen molar-refractivity contribution in [3.8, 4) is 23.0 Å². The fourth-order valence-electron chi connectivity index (χ4n) is 4.46. The predicted octanol–water partition coefficient (Wildman–Crippen LogP) is 4.05. The molecule has 0 bridgehead atoms. The summed E-state index contributed by atoms with van der Waals surface area (Å²) in [5.41, 5.74) is 3.48. The number of carboxylic acid groups (broad SMARTS) is 1. The molecule has 2 aromatic carbocycles. The zero-order valence-electron chi connectivity index (χ0n) is 23.9. The minimum Gasteiger partial charge on any atom is -0.496 e. The summed E-state index contributed by atoms with van der Waals surface area (Å²) >= 11 is 0. The quantitative estimate of drug-likeness (QED) is 0.194. The number of carbonyl (C=O) groups excluding carboxylic acids is 3. The molecule has 0 saturated carbocycles. The molecule has 1 amide bonds. The summed E-state index contributed by atoms with van der Waals surface area (Å²) in [5.74, 6) is -1.01. The lowest BCUT2D eigenvalue weighted by Gasteiger charge is -2.19. The fourth-order valence-corrected chi connectivity index (χ4v) is 4.46. The Balaban J connectivity index is 1.74. The third-order valence-corrected chi connectivity index (χ3v) is 6.72. The standard InChI is InChI=1S/C30H35NO10/c1-17(7-12-25(33)34)6-9-20-28(39-5)18(2)21-16-40-30(36)27(21)29(20)41-26(35)13-11-24(32)31-15-19-8-10-22(37-3)23(14-19)38-4/h6,8,10,14H,7,9,11-13,15-16H2,1-5H3,(H,31,32)(H,33,34)/b17-6+. The molecule has 0 radical (unpaired) electrons. The number of ether oxygens (including phenoxy) is 5. The minimum atomic E-state index is -0.908. The van der Waals surface area contributed by atoms with Gasteiger partial charge in [0, 0.05) is 30.5 Å². The SMILES string of the molecule is COc1ccc(CNC(=O)CCC(=O)Oc2c(C/C=C(\C)CCC(=O)O)c(OC)c(C)c3c2C(=O)OC3)cc1OC. The van der Waals surface area contributed by atoms with Crippen LogP contribution < -0.4 is 24.3 Å². The summed E-state index contributed by atoms with van der Waals surface area (Å²) in [6.45, 7) is 3.84. The lowest BCUT2D eigenvalue weighted by Crippen LogP contribution is -2.24. The molecule has 1 aliphatic heterocycles. The predicted molar refractivity (Wildman–Crippen MR) is 147 cm³/mol. The van der Waals surface area contributed by atoms with Gasteiger partial charge >= 0.3 is 17.9 Å². The molecule has 1 aliphatic rings. The molecular weight excluding hydrogens is 534 g/mol. The minimum absolute atomic E-state index is 0.0211. The van der Waals surface area contributed by atoms with Gasteiger partial charge in [-0.25, -0.2) is 4.79 Å². The van der Waals surface area contributed by atoms with Crippen LogP contribution in [0.25, 0.3) is 0 Å². The van der Waals surface area contributed by atoms with Gasteiger partial charge in [-0.3, -0.25) is 14.4 Å². The van der Waals surface area contributed by atoms with Crippen molar-refractivity contribution in [1.82, 2.24) is 5.32 Å². The lowest BCUT2D eigenvalue weighted by atomic mass is 9.94. The molecule has 11 nitrogen and oxygen atoms in total. The Kier molecular flexibility index (Phi) is 10.7. The van der Waals surface area contributed by atoms with Gasteiger partial charge in [-0.1, -0.05) is 17.7 Å². The number of carbonyl (C=O) groups is 4. The molecule has 0 atom stereocenters. The van der Waals surface area contributed by atoms with Gasteiger partial charge in [0.25, 0.3) is 0 Å². The van der Waals surface area contributed by atoms with Crippen LogP contribution in [0.1, 0.15) is 65.2 Å². The third kappa shape index (κ3) is 7.77. The Morgan fingerprint density at radius 3 is 2.39 bits per heavy atom. The highest BCUT2D eigenvalue weighted by Crippen LogP contribution is 2.43. The smallest absolute Gasteiger partial charge is 0.342 e. The molecule has 2 N–H and O–H groups in total. The number of methoxy groups -OCH3 is 3. The molecular formula is C30H35NO10. The van der Waals surface area contributed by atoms with Crippen LogP contribution >= 0.6 is 0 Å². The van der Waals surface area contributed by atoms with E-state index >= 15 is 0 Å². The van der Waals surface area contributed by atoms with Crippen LogP contribution in [0.15, 0.2) is 29.8 Å². The molecule has 0 aromatic heterocycles. The number of fused-ring (bicyclic) bond motifs is 1. The highest BCUT2D eigenvalue weighted by Gasteiger charge is 2.34. The number of rotatable bonds is 14. The van der Waals surface area contributed by atoms with E-state index in [-0.39, 0.29) is 56.1 Å². The van der Waals surface area contributed by atoms with E-state index < -0.39 is 17.9 Å². The topological polar surface area (TPSA) is 147 Å². The van der Waals surface area contributed by atoms with E-state index in [1.807, 2.05) is 6.08 Å². The Bertz CT molecular complexity index is 1360. The summed E-state index contributed by atoms with van der Waals surface area (Å²) in [7, 11) is 4.53. The maximum atomic E-state index is 12.9. The molecule has 0 aliphatic carbocycles. The number of aliphatic carboxylic acids is 1. The second-order valence-corrected chi connectivity index (χ2v) is 9.48. The maximum Gasteiger partial charge on any atom is 0.342 e. The van der Waals surface area contributed by atoms with Gasteiger partial charge in [0.1, 0.15) is 17.9 Å². The Morgan fingerprint density at radius 2 is 1.73 bits per heavy atom. The number of carboxylic acids is 1. The second kappa shape index (κ2) is 14.2. The molecule has 0 unspecified atom stereocenters. The van der Waals surface area contributed by atoms with Crippen molar-refractivity contribution in [2.75, 3.05) is 21.3 Å². The number of allylic oxidation sites excluding steroid dienone is 2. The van der Waals surface area contributed by atoms with Gasteiger partial charge in [-0.2, -0.15) is 0 Å². The van der Waals surface area contributed by atoms with Crippen LogP contribution in [0.2, 0.25) is 0 Å². The average molecular weight is 570 g/mol. The van der Waals surface area contributed by atoms with E-state index in [4.69, 9.17) is 28.8 Å². The van der Waals surface area contributed by atoms with E-state index in [1.165, 1.54) is 21.3 Å². The molecule has 3 rings (SSSR count). The van der Waals surface area contributed by atoms with Crippen LogP contribution in [-0.4, -0.2) is 50.3 Å². The summed E-state index contributed by atoms with van der Waals surface area (Å²) in [5, 5.41) is 11.7. The van der Waals surface area contributed by atoms with Crippen molar-refractivity contribution in [3.05, 3.63) is 57.7 Å². The van der Waals surface area contributed by atoms with Crippen molar-refractivity contribution in [2.45, 2.75) is 59.1 Å². The van der Waals surface area contributed by atoms with Crippen molar-refractivity contribution < 1.29 is 48.0 Å². The lowest BCUT2D eigenvalue weighted by molar-refractivity contribution is -0.137. The maximum absolute atomic E-state index is 12.9. The summed E-state index contributed by atoms with van der Waals surface area (Å²) in [6, 6.07) is 5.27. The Hall–Kier alpha value is -4.54. The van der Waals surface area contributed by atoms with Crippen LogP contribution in [0.4, 0.5) is 0 Å². The third-order valence-electron chi connectivity index (χ3n) is 6.72. The molecule has 0 saturated heterocycles. The van der Waals surface area contributed by atoms with Crippen molar-refractivity contribution in [3.63, 3.8) is 0 Å². The first-order valence-electron chi connectivity index (χ1n) is 13.0. The number of amides is 1. The van der Waals surface area contributed by atoms with Gasteiger partial charge in [0.05, 0.1) is 27.8 Å². The fraction of sp³-hybridized carbons (Fsp3) is 0.400. The average Bonchev–Trinajstić information content (AvgIpc) is 3.35. The van der Waals surface area contributed by atoms with E-state index in [9.17, 15) is 19.2 Å². The summed E-state index contributed by atoms with van der Waals surface area (Å²) in [6.07, 6.45) is 1.99. The molecule has 41 heavy (non-hydrogen) atoms. The number of hydrogen-bond donors (Lipinski definition) is 2. The summed E-state index contributed by atoms with van der Waals surface area (Å²) < 4.78 is 27.1. The van der Waals surface area contributed by atoms with Crippen molar-refractivity contribution >= 4 is 23.8 Å². The number of esters is 2. The number of nitrogens with one attached hydrogen (secondary N) is 1. The molecule has 0 spiro atoms. The van der Waals surface area contributed by atoms with Gasteiger partial charge < -0.3 is 34.1 Å². The van der Waals surface area contributed by atoms with Crippen molar-refractivity contribution in [2.24, 2.45) is 0 Å². The Morgan fingerprint density at radius 1 is 1.00 bits per heavy atom. The monoisotopic (exact) mass is 569 g/mol. The van der Waals surface area contributed by atoms with E-state index in [1.54, 1.807) is 32.0 Å².